The molecule has 0 bridgehead atoms. The van der Waals surface area contributed by atoms with Gasteiger partial charge in [-0.2, -0.15) is 0 Å². The maximum absolute atomic E-state index is 12.5. The van der Waals surface area contributed by atoms with E-state index in [9.17, 15) is 19.8 Å². The molecule has 0 radical (unpaired) electrons. The average molecular weight is 1080 g/mol. The van der Waals surface area contributed by atoms with E-state index in [1.54, 1.807) is 0 Å². The summed E-state index contributed by atoms with van der Waals surface area (Å²) in [5.41, 5.74) is 0. The minimum atomic E-state index is -0.664. The van der Waals surface area contributed by atoms with Crippen molar-refractivity contribution in [2.24, 2.45) is 0 Å². The fourth-order valence-electron chi connectivity index (χ4n) is 11.1. The maximum atomic E-state index is 12.5. The number of hydrogen-bond acceptors (Lipinski definition) is 5. The molecule has 2 atom stereocenters. The highest BCUT2D eigenvalue weighted by molar-refractivity contribution is 5.76. The average Bonchev–Trinajstić information content (AvgIpc) is 3.43. The number of hydrogen-bond donors (Lipinski definition) is 3. The van der Waals surface area contributed by atoms with Crippen LogP contribution in [0.2, 0.25) is 0 Å². The predicted molar refractivity (Wildman–Crippen MR) is 338 cm³/mol. The lowest BCUT2D eigenvalue weighted by atomic mass is 10.0. The van der Waals surface area contributed by atoms with Crippen LogP contribution in [0.15, 0.2) is 24.3 Å². The summed E-state index contributed by atoms with van der Waals surface area (Å²) in [6, 6.07) is -0.541. The Hall–Kier alpha value is -1.66. The van der Waals surface area contributed by atoms with Crippen molar-refractivity contribution in [1.82, 2.24) is 5.32 Å². The first-order chi connectivity index (χ1) is 38.0. The molecule has 0 spiro atoms. The van der Waals surface area contributed by atoms with Gasteiger partial charge in [-0.1, -0.05) is 327 Å². The van der Waals surface area contributed by atoms with E-state index in [2.05, 4.69) is 43.5 Å². The topological polar surface area (TPSA) is 95.9 Å². The van der Waals surface area contributed by atoms with Gasteiger partial charge in [0, 0.05) is 12.8 Å². The summed E-state index contributed by atoms with van der Waals surface area (Å²) in [5.74, 6) is -0.0221. The highest BCUT2D eigenvalue weighted by Crippen LogP contribution is 2.19. The number of unbranched alkanes of at least 4 members (excludes halogenated alkanes) is 51. The van der Waals surface area contributed by atoms with Crippen LogP contribution in [0.25, 0.3) is 0 Å². The predicted octanol–water partition coefficient (Wildman–Crippen LogP) is 22.5. The smallest absolute Gasteiger partial charge is 0.305 e. The lowest BCUT2D eigenvalue weighted by Crippen LogP contribution is -2.45. The van der Waals surface area contributed by atoms with Crippen molar-refractivity contribution in [3.05, 3.63) is 24.3 Å². The summed E-state index contributed by atoms with van der Waals surface area (Å²) in [5, 5.41) is 23.4. The van der Waals surface area contributed by atoms with Gasteiger partial charge < -0.3 is 20.3 Å². The molecule has 0 aliphatic rings. The molecule has 2 unspecified atom stereocenters. The first-order valence-electron chi connectivity index (χ1n) is 35.1. The van der Waals surface area contributed by atoms with Gasteiger partial charge in [-0.25, -0.2) is 0 Å². The second-order valence-electron chi connectivity index (χ2n) is 24.2. The number of aliphatic hydroxyl groups excluding tert-OH is 2. The molecule has 0 rings (SSSR count). The molecule has 0 aromatic carbocycles. The Labute approximate surface area is 481 Å². The van der Waals surface area contributed by atoms with E-state index in [1.165, 1.54) is 315 Å². The largest absolute Gasteiger partial charge is 0.466 e. The number of carbonyl (C=O) groups is 2. The Morgan fingerprint density at radius 2 is 0.610 bits per heavy atom. The van der Waals surface area contributed by atoms with Gasteiger partial charge in [0.1, 0.15) is 0 Å². The summed E-state index contributed by atoms with van der Waals surface area (Å²) < 4.78 is 5.48. The molecule has 0 aliphatic carbocycles. The third-order valence-electron chi connectivity index (χ3n) is 16.5. The van der Waals surface area contributed by atoms with Crippen LogP contribution in [0.4, 0.5) is 0 Å². The first kappa shape index (κ1) is 75.3. The van der Waals surface area contributed by atoms with Crippen LogP contribution in [-0.2, 0) is 14.3 Å². The molecule has 0 heterocycles. The van der Waals surface area contributed by atoms with Gasteiger partial charge in [-0.3, -0.25) is 9.59 Å². The summed E-state index contributed by atoms with van der Waals surface area (Å²) in [7, 11) is 0. The minimum absolute atomic E-state index is 0.00856. The van der Waals surface area contributed by atoms with Crippen molar-refractivity contribution >= 4 is 11.9 Å². The van der Waals surface area contributed by atoms with Crippen LogP contribution < -0.4 is 5.32 Å². The number of nitrogens with one attached hydrogen (secondary N) is 1. The van der Waals surface area contributed by atoms with Crippen molar-refractivity contribution in [1.29, 1.82) is 0 Å². The van der Waals surface area contributed by atoms with E-state index < -0.39 is 12.1 Å². The molecule has 0 aromatic heterocycles. The molecule has 0 aromatic rings. The Kier molecular flexibility index (Phi) is 65.4. The number of allylic oxidation sites excluding steroid dienone is 4. The fourth-order valence-corrected chi connectivity index (χ4v) is 11.1. The second kappa shape index (κ2) is 66.8. The molecule has 6 nitrogen and oxygen atoms in total. The Morgan fingerprint density at radius 1 is 0.351 bits per heavy atom. The van der Waals surface area contributed by atoms with Gasteiger partial charge in [0.15, 0.2) is 0 Å². The summed E-state index contributed by atoms with van der Waals surface area (Å²) in [4.78, 5) is 24.6. The van der Waals surface area contributed by atoms with Crippen molar-refractivity contribution < 1.29 is 24.5 Å². The lowest BCUT2D eigenvalue weighted by molar-refractivity contribution is -0.143. The SMILES string of the molecule is CCCCCCC/C=C\CCCCCCCC(=O)OCCCCCCCCCCCCCC/C=C\CCCCCCCCCCCCCCCC(=O)NC(CO)C(O)CCCCCCCCCCCCCCCCCCC. The Bertz CT molecular complexity index is 1200. The third-order valence-corrected chi connectivity index (χ3v) is 16.5. The molecule has 77 heavy (non-hydrogen) atoms. The van der Waals surface area contributed by atoms with Crippen LogP contribution >= 0.6 is 0 Å². The van der Waals surface area contributed by atoms with Crippen molar-refractivity contribution in [3.63, 3.8) is 0 Å². The number of rotatable bonds is 66. The molecular formula is C71H137NO5. The van der Waals surface area contributed by atoms with Crippen molar-refractivity contribution in [2.75, 3.05) is 13.2 Å². The fraction of sp³-hybridized carbons (Fsp3) is 0.915. The monoisotopic (exact) mass is 1080 g/mol. The summed E-state index contributed by atoms with van der Waals surface area (Å²) >= 11 is 0. The number of carbonyl (C=O) groups excluding carboxylic acids is 2. The molecule has 3 N–H and O–H groups in total. The van der Waals surface area contributed by atoms with Gasteiger partial charge in [0.25, 0.3) is 0 Å². The minimum Gasteiger partial charge on any atom is -0.466 e. The molecule has 6 heteroatoms. The summed E-state index contributed by atoms with van der Waals surface area (Å²) in [6.45, 7) is 4.97. The van der Waals surface area contributed by atoms with E-state index >= 15 is 0 Å². The van der Waals surface area contributed by atoms with Gasteiger partial charge in [-0.05, 0) is 77.0 Å². The van der Waals surface area contributed by atoms with Crippen molar-refractivity contribution in [2.45, 2.75) is 405 Å². The van der Waals surface area contributed by atoms with Crippen LogP contribution in [-0.4, -0.2) is 47.4 Å². The molecule has 0 fully saturated rings. The van der Waals surface area contributed by atoms with E-state index in [0.717, 1.165) is 44.9 Å². The normalized spacial score (nSPS) is 12.6. The number of amides is 1. The van der Waals surface area contributed by atoms with E-state index in [-0.39, 0.29) is 18.5 Å². The van der Waals surface area contributed by atoms with Crippen LogP contribution in [0.5, 0.6) is 0 Å². The van der Waals surface area contributed by atoms with E-state index in [4.69, 9.17) is 4.74 Å². The molecular weight excluding hydrogens is 947 g/mol. The second-order valence-corrected chi connectivity index (χ2v) is 24.2. The van der Waals surface area contributed by atoms with Gasteiger partial charge in [-0.15, -0.1) is 0 Å². The zero-order valence-electron chi connectivity index (χ0n) is 52.2. The molecule has 0 saturated heterocycles. The van der Waals surface area contributed by atoms with Gasteiger partial charge >= 0.3 is 5.97 Å². The first-order valence-corrected chi connectivity index (χ1v) is 35.1. The van der Waals surface area contributed by atoms with E-state index in [1.807, 2.05) is 0 Å². The number of esters is 1. The van der Waals surface area contributed by atoms with Crippen LogP contribution in [0, 0.1) is 0 Å². The van der Waals surface area contributed by atoms with Crippen LogP contribution in [0.3, 0.4) is 0 Å². The molecule has 0 aliphatic heterocycles. The quantitative estimate of drug-likeness (QED) is 0.0320. The lowest BCUT2D eigenvalue weighted by Gasteiger charge is -2.22. The standard InChI is InChI=1S/C71H137NO5/c1-3-5-7-9-11-13-15-17-19-33-36-39-43-47-51-55-59-63-69(74)68(67-73)72-70(75)64-60-56-52-48-44-40-37-34-31-29-27-25-23-21-20-22-24-26-28-30-32-35-38-42-46-50-54-58-62-66-77-71(76)65-61-57-53-49-45-41-18-16-14-12-10-8-6-4-2/h16,18,20,22,68-69,73-74H,3-15,17,19,21,23-67H2,1-2H3,(H,72,75)/b18-16-,22-20-. The Balaban J connectivity index is 3.37. The zero-order valence-corrected chi connectivity index (χ0v) is 52.2. The zero-order chi connectivity index (χ0) is 55.7. The van der Waals surface area contributed by atoms with Gasteiger partial charge in [0.05, 0.1) is 25.4 Å². The van der Waals surface area contributed by atoms with Crippen LogP contribution in [0.1, 0.15) is 393 Å². The maximum Gasteiger partial charge on any atom is 0.305 e. The highest BCUT2D eigenvalue weighted by atomic mass is 16.5. The third kappa shape index (κ3) is 63.4. The molecule has 1 amide bonds. The Morgan fingerprint density at radius 3 is 0.922 bits per heavy atom. The summed E-state index contributed by atoms with van der Waals surface area (Å²) in [6.07, 6.45) is 83.7. The van der Waals surface area contributed by atoms with Crippen molar-refractivity contribution in [3.8, 4) is 0 Å². The van der Waals surface area contributed by atoms with E-state index in [0.29, 0.717) is 25.9 Å². The van der Waals surface area contributed by atoms with Gasteiger partial charge in [0.2, 0.25) is 5.91 Å². The molecule has 456 valence electrons. The highest BCUT2D eigenvalue weighted by Gasteiger charge is 2.20. The number of ether oxygens (including phenoxy) is 1. The number of aliphatic hydroxyl groups is 2. The molecule has 0 saturated carbocycles.